The van der Waals surface area contributed by atoms with E-state index in [0.717, 1.165) is 16.6 Å². The van der Waals surface area contributed by atoms with Gasteiger partial charge in [-0.3, -0.25) is 4.79 Å². The number of nitrogens with zero attached hydrogens (tertiary/aromatic N) is 1. The van der Waals surface area contributed by atoms with Gasteiger partial charge in [-0.1, -0.05) is 36.4 Å². The monoisotopic (exact) mass is 295 g/mol. The van der Waals surface area contributed by atoms with E-state index in [4.69, 9.17) is 9.15 Å². The van der Waals surface area contributed by atoms with Gasteiger partial charge in [0.25, 0.3) is 5.91 Å². The number of furan rings is 1. The zero-order valence-corrected chi connectivity index (χ0v) is 12.6. The fraction of sp³-hybridized carbons (Fsp3) is 0.167. The second kappa shape index (κ2) is 6.03. The first-order valence-electron chi connectivity index (χ1n) is 7.05. The molecular weight excluding hydrogens is 278 g/mol. The Morgan fingerprint density at radius 3 is 2.50 bits per heavy atom. The molecule has 0 atom stereocenters. The first kappa shape index (κ1) is 14.4. The van der Waals surface area contributed by atoms with Gasteiger partial charge in [-0.25, -0.2) is 0 Å². The lowest BCUT2D eigenvalue weighted by molar-refractivity contribution is 0.0962. The number of hydrogen-bond donors (Lipinski definition) is 0. The largest absolute Gasteiger partial charge is 0.450 e. The lowest BCUT2D eigenvalue weighted by Gasteiger charge is -2.16. The van der Waals surface area contributed by atoms with Crippen LogP contribution in [0.25, 0.3) is 11.0 Å². The van der Waals surface area contributed by atoms with Crippen molar-refractivity contribution < 1.29 is 13.9 Å². The number of rotatable bonds is 4. The maximum atomic E-state index is 12.8. The summed E-state index contributed by atoms with van der Waals surface area (Å²) in [6.07, 6.45) is 0. The summed E-state index contributed by atoms with van der Waals surface area (Å²) in [7, 11) is 3.35. The van der Waals surface area contributed by atoms with E-state index in [9.17, 15) is 4.79 Å². The zero-order valence-electron chi connectivity index (χ0n) is 12.6. The predicted octanol–water partition coefficient (Wildman–Crippen LogP) is 3.86. The van der Waals surface area contributed by atoms with Crippen LogP contribution in [0.5, 0.6) is 0 Å². The molecule has 2 aromatic carbocycles. The third-order valence-electron chi connectivity index (χ3n) is 3.63. The van der Waals surface area contributed by atoms with Crippen LogP contribution in [-0.2, 0) is 11.3 Å². The Labute approximate surface area is 128 Å². The summed E-state index contributed by atoms with van der Waals surface area (Å²) in [6, 6.07) is 17.1. The summed E-state index contributed by atoms with van der Waals surface area (Å²) in [5.41, 5.74) is 2.29. The average Bonchev–Trinajstić information content (AvgIpc) is 2.93. The van der Waals surface area contributed by atoms with Gasteiger partial charge in [0.05, 0.1) is 6.61 Å². The molecule has 1 amide bonds. The quantitative estimate of drug-likeness (QED) is 0.734. The second-order valence-corrected chi connectivity index (χ2v) is 5.04. The highest BCUT2D eigenvalue weighted by Gasteiger charge is 2.23. The molecule has 112 valence electrons. The van der Waals surface area contributed by atoms with Crippen molar-refractivity contribution in [2.45, 2.75) is 6.61 Å². The number of benzene rings is 2. The van der Waals surface area contributed by atoms with Crippen LogP contribution in [-0.4, -0.2) is 20.1 Å². The van der Waals surface area contributed by atoms with Gasteiger partial charge in [0.2, 0.25) is 0 Å². The van der Waals surface area contributed by atoms with Crippen molar-refractivity contribution in [3.63, 3.8) is 0 Å². The zero-order chi connectivity index (χ0) is 15.5. The number of hydrogen-bond acceptors (Lipinski definition) is 3. The van der Waals surface area contributed by atoms with E-state index in [1.54, 1.807) is 19.1 Å². The number of methoxy groups -OCH3 is 1. The van der Waals surface area contributed by atoms with Gasteiger partial charge in [0, 0.05) is 30.8 Å². The van der Waals surface area contributed by atoms with E-state index in [2.05, 4.69) is 0 Å². The topological polar surface area (TPSA) is 42.7 Å². The molecule has 0 aliphatic carbocycles. The van der Waals surface area contributed by atoms with Crippen molar-refractivity contribution in [2.75, 3.05) is 19.1 Å². The molecule has 0 aliphatic heterocycles. The van der Waals surface area contributed by atoms with Crippen LogP contribution in [0.15, 0.2) is 59.0 Å². The van der Waals surface area contributed by atoms with Crippen LogP contribution in [0, 0.1) is 0 Å². The van der Waals surface area contributed by atoms with E-state index in [-0.39, 0.29) is 5.91 Å². The molecule has 0 fully saturated rings. The molecule has 0 radical (unpaired) electrons. The normalized spacial score (nSPS) is 10.8. The number of para-hydroxylation sites is 2. The van der Waals surface area contributed by atoms with Crippen LogP contribution in [0.3, 0.4) is 0 Å². The van der Waals surface area contributed by atoms with Crippen molar-refractivity contribution in [3.8, 4) is 0 Å². The highest BCUT2D eigenvalue weighted by atomic mass is 16.5. The molecule has 0 spiro atoms. The number of carbonyl (C=O) groups is 1. The first-order valence-corrected chi connectivity index (χ1v) is 7.05. The molecule has 0 bridgehead atoms. The molecule has 3 aromatic rings. The van der Waals surface area contributed by atoms with Gasteiger partial charge in [0.1, 0.15) is 5.58 Å². The van der Waals surface area contributed by atoms with Gasteiger partial charge < -0.3 is 14.1 Å². The molecule has 1 heterocycles. The lowest BCUT2D eigenvalue weighted by atomic mass is 10.1. The molecule has 22 heavy (non-hydrogen) atoms. The van der Waals surface area contributed by atoms with Gasteiger partial charge in [0.15, 0.2) is 5.76 Å². The molecule has 1 aromatic heterocycles. The van der Waals surface area contributed by atoms with Crippen LogP contribution in [0.2, 0.25) is 0 Å². The second-order valence-electron chi connectivity index (χ2n) is 5.04. The molecule has 0 saturated carbocycles. The molecule has 0 saturated heterocycles. The smallest absolute Gasteiger partial charge is 0.294 e. The number of amides is 1. The molecule has 4 heteroatoms. The standard InChI is InChI=1S/C18H17NO3/c1-19(13-8-4-3-5-9-13)18(20)17-15(12-21-2)14-10-6-7-11-16(14)22-17/h3-11H,12H2,1-2H3. The van der Waals surface area contributed by atoms with Gasteiger partial charge in [-0.2, -0.15) is 0 Å². The van der Waals surface area contributed by atoms with Crippen molar-refractivity contribution in [2.24, 2.45) is 0 Å². The highest BCUT2D eigenvalue weighted by Crippen LogP contribution is 2.28. The molecule has 0 unspecified atom stereocenters. The Kier molecular flexibility index (Phi) is 3.94. The minimum Gasteiger partial charge on any atom is -0.450 e. The SMILES string of the molecule is COCc1c(C(=O)N(C)c2ccccc2)oc2ccccc12. The van der Waals surface area contributed by atoms with Crippen molar-refractivity contribution in [1.29, 1.82) is 0 Å². The predicted molar refractivity (Wildman–Crippen MR) is 86.1 cm³/mol. The third-order valence-corrected chi connectivity index (χ3v) is 3.63. The first-order chi connectivity index (χ1) is 10.7. The Balaban J connectivity index is 2.05. The summed E-state index contributed by atoms with van der Waals surface area (Å²) in [6.45, 7) is 0.334. The Hall–Kier alpha value is -2.59. The van der Waals surface area contributed by atoms with Gasteiger partial charge in [-0.05, 0) is 18.2 Å². The van der Waals surface area contributed by atoms with E-state index in [1.165, 1.54) is 0 Å². The van der Waals surface area contributed by atoms with Gasteiger partial charge >= 0.3 is 0 Å². The number of anilines is 1. The van der Waals surface area contributed by atoms with E-state index in [0.29, 0.717) is 18.0 Å². The number of carbonyl (C=O) groups excluding carboxylic acids is 1. The van der Waals surface area contributed by atoms with Gasteiger partial charge in [-0.15, -0.1) is 0 Å². The molecule has 4 nitrogen and oxygen atoms in total. The minimum absolute atomic E-state index is 0.186. The van der Waals surface area contributed by atoms with Crippen molar-refractivity contribution >= 4 is 22.6 Å². The molecule has 0 N–H and O–H groups in total. The maximum Gasteiger partial charge on any atom is 0.294 e. The van der Waals surface area contributed by atoms with Crippen molar-refractivity contribution in [1.82, 2.24) is 0 Å². The minimum atomic E-state index is -0.186. The molecular formula is C18H17NO3. The fourth-order valence-corrected chi connectivity index (χ4v) is 2.48. The Morgan fingerprint density at radius 2 is 1.77 bits per heavy atom. The number of ether oxygens (including phenoxy) is 1. The van der Waals surface area contributed by atoms with Crippen molar-refractivity contribution in [3.05, 3.63) is 65.9 Å². The van der Waals surface area contributed by atoms with Crippen LogP contribution in [0.4, 0.5) is 5.69 Å². The lowest BCUT2D eigenvalue weighted by Crippen LogP contribution is -2.26. The van der Waals surface area contributed by atoms with E-state index in [1.807, 2.05) is 54.6 Å². The summed E-state index contributed by atoms with van der Waals surface area (Å²) in [5.74, 6) is 0.142. The van der Waals surface area contributed by atoms with Crippen LogP contribution in [0.1, 0.15) is 16.1 Å². The summed E-state index contributed by atoms with van der Waals surface area (Å²) >= 11 is 0. The average molecular weight is 295 g/mol. The number of fused-ring (bicyclic) bond motifs is 1. The van der Waals surface area contributed by atoms with Crippen LogP contribution >= 0.6 is 0 Å². The third kappa shape index (κ3) is 2.49. The fourth-order valence-electron chi connectivity index (χ4n) is 2.48. The Morgan fingerprint density at radius 1 is 1.09 bits per heavy atom. The van der Waals surface area contributed by atoms with E-state index >= 15 is 0 Å². The summed E-state index contributed by atoms with van der Waals surface area (Å²) < 4.78 is 11.0. The van der Waals surface area contributed by atoms with E-state index < -0.39 is 0 Å². The Bertz CT molecular complexity index is 792. The summed E-state index contributed by atoms with van der Waals surface area (Å²) in [4.78, 5) is 14.4. The maximum absolute atomic E-state index is 12.8. The van der Waals surface area contributed by atoms with Crippen LogP contribution < -0.4 is 4.90 Å². The molecule has 3 rings (SSSR count). The summed E-state index contributed by atoms with van der Waals surface area (Å²) in [5, 5.41) is 0.911. The molecule has 0 aliphatic rings. The highest BCUT2D eigenvalue weighted by molar-refractivity contribution is 6.07.